The molecular formula is C17H18O3S2. The molecule has 116 valence electrons. The largest absolute Gasteiger partial charge is 0.286 e. The average Bonchev–Trinajstić information content (AvgIpc) is 2.81. The molecule has 22 heavy (non-hydrogen) atoms. The monoisotopic (exact) mass is 334 g/mol. The van der Waals surface area contributed by atoms with Gasteiger partial charge in [0, 0.05) is 11.7 Å². The summed E-state index contributed by atoms with van der Waals surface area (Å²) in [6, 6.07) is 17.0. The molecule has 0 spiro atoms. The standard InChI is InChI=1S/C17H18O3S2/c18-22(19,20)11-5-10-21-12-17-15-8-3-1-6-13(15)14-7-2-4-9-16(14)17/h1-4,6-9,17H,5,10-12H2,(H,18,19,20). The predicted molar refractivity (Wildman–Crippen MR) is 92.1 cm³/mol. The van der Waals surface area contributed by atoms with E-state index in [0.717, 1.165) is 11.5 Å². The van der Waals surface area contributed by atoms with E-state index >= 15 is 0 Å². The van der Waals surface area contributed by atoms with Crippen molar-refractivity contribution < 1.29 is 13.0 Å². The van der Waals surface area contributed by atoms with Crippen LogP contribution < -0.4 is 0 Å². The van der Waals surface area contributed by atoms with E-state index in [-0.39, 0.29) is 5.75 Å². The molecule has 1 N–H and O–H groups in total. The zero-order valence-corrected chi connectivity index (χ0v) is 13.7. The van der Waals surface area contributed by atoms with E-state index in [0.29, 0.717) is 12.3 Å². The lowest BCUT2D eigenvalue weighted by molar-refractivity contribution is 0.482. The first-order chi connectivity index (χ1) is 10.6. The zero-order valence-electron chi connectivity index (χ0n) is 12.1. The lowest BCUT2D eigenvalue weighted by atomic mass is 9.99. The van der Waals surface area contributed by atoms with Gasteiger partial charge in [-0.3, -0.25) is 4.55 Å². The summed E-state index contributed by atoms with van der Waals surface area (Å²) in [5, 5.41) is 0. The van der Waals surface area contributed by atoms with Crippen molar-refractivity contribution in [2.75, 3.05) is 17.3 Å². The highest BCUT2D eigenvalue weighted by Gasteiger charge is 2.27. The molecule has 0 aliphatic heterocycles. The molecule has 0 aromatic heterocycles. The summed E-state index contributed by atoms with van der Waals surface area (Å²) < 4.78 is 30.2. The SMILES string of the molecule is O=S(=O)(O)CCCSCC1c2ccccc2-c2ccccc21. The van der Waals surface area contributed by atoms with Gasteiger partial charge in [0.1, 0.15) is 0 Å². The second kappa shape index (κ2) is 6.44. The number of rotatable bonds is 6. The van der Waals surface area contributed by atoms with E-state index in [1.165, 1.54) is 22.3 Å². The molecule has 0 heterocycles. The third-order valence-corrected chi connectivity index (χ3v) is 5.89. The Morgan fingerprint density at radius 3 is 2.05 bits per heavy atom. The van der Waals surface area contributed by atoms with Crippen LogP contribution in [-0.2, 0) is 10.1 Å². The van der Waals surface area contributed by atoms with Crippen LogP contribution in [0.5, 0.6) is 0 Å². The molecule has 0 saturated carbocycles. The Morgan fingerprint density at radius 2 is 1.50 bits per heavy atom. The Hall–Kier alpha value is -1.30. The van der Waals surface area contributed by atoms with Gasteiger partial charge in [0.25, 0.3) is 10.1 Å². The Kier molecular flexibility index (Phi) is 4.57. The predicted octanol–water partition coefficient (Wildman–Crippen LogP) is 3.81. The number of thioether (sulfide) groups is 1. The van der Waals surface area contributed by atoms with Gasteiger partial charge in [0.15, 0.2) is 0 Å². The number of fused-ring (bicyclic) bond motifs is 3. The van der Waals surface area contributed by atoms with Gasteiger partial charge in [0.2, 0.25) is 0 Å². The van der Waals surface area contributed by atoms with Crippen LogP contribution in [-0.4, -0.2) is 30.2 Å². The molecule has 0 saturated heterocycles. The van der Waals surface area contributed by atoms with E-state index in [2.05, 4.69) is 48.5 Å². The lowest BCUT2D eigenvalue weighted by Crippen LogP contribution is -2.06. The molecule has 1 aliphatic carbocycles. The molecule has 3 rings (SSSR count). The number of hydrogen-bond donors (Lipinski definition) is 1. The van der Waals surface area contributed by atoms with E-state index in [1.54, 1.807) is 11.8 Å². The topological polar surface area (TPSA) is 54.4 Å². The van der Waals surface area contributed by atoms with Gasteiger partial charge in [-0.05, 0) is 34.4 Å². The molecule has 3 nitrogen and oxygen atoms in total. The minimum Gasteiger partial charge on any atom is -0.286 e. The molecular weight excluding hydrogens is 316 g/mol. The summed E-state index contributed by atoms with van der Waals surface area (Å²) in [6.07, 6.45) is 0.486. The van der Waals surface area contributed by atoms with Crippen molar-refractivity contribution in [2.45, 2.75) is 12.3 Å². The van der Waals surface area contributed by atoms with Crippen LogP contribution in [0.2, 0.25) is 0 Å². The van der Waals surface area contributed by atoms with Gasteiger partial charge >= 0.3 is 0 Å². The Balaban J connectivity index is 1.69. The highest BCUT2D eigenvalue weighted by molar-refractivity contribution is 7.99. The van der Waals surface area contributed by atoms with Gasteiger partial charge in [-0.15, -0.1) is 0 Å². The molecule has 0 radical (unpaired) electrons. The normalized spacial score (nSPS) is 13.9. The summed E-state index contributed by atoms with van der Waals surface area (Å²) in [5.41, 5.74) is 5.32. The Bertz CT molecular complexity index is 723. The van der Waals surface area contributed by atoms with Crippen molar-refractivity contribution in [1.82, 2.24) is 0 Å². The Morgan fingerprint density at radius 1 is 0.955 bits per heavy atom. The molecule has 0 bridgehead atoms. The highest BCUT2D eigenvalue weighted by atomic mass is 32.2. The van der Waals surface area contributed by atoms with Gasteiger partial charge in [-0.1, -0.05) is 48.5 Å². The van der Waals surface area contributed by atoms with E-state index in [9.17, 15) is 8.42 Å². The van der Waals surface area contributed by atoms with Gasteiger partial charge in [-0.2, -0.15) is 20.2 Å². The first kappa shape index (κ1) is 15.6. The van der Waals surface area contributed by atoms with Gasteiger partial charge in [-0.25, -0.2) is 0 Å². The second-order valence-electron chi connectivity index (χ2n) is 5.44. The summed E-state index contributed by atoms with van der Waals surface area (Å²) >= 11 is 1.74. The summed E-state index contributed by atoms with van der Waals surface area (Å²) in [7, 11) is -3.83. The minimum atomic E-state index is -3.83. The van der Waals surface area contributed by atoms with Crippen LogP contribution in [0.3, 0.4) is 0 Å². The van der Waals surface area contributed by atoms with E-state index in [4.69, 9.17) is 4.55 Å². The van der Waals surface area contributed by atoms with Crippen LogP contribution in [0.15, 0.2) is 48.5 Å². The highest BCUT2D eigenvalue weighted by Crippen LogP contribution is 2.45. The van der Waals surface area contributed by atoms with Crippen LogP contribution >= 0.6 is 11.8 Å². The molecule has 0 amide bonds. The molecule has 0 fully saturated rings. The quantitative estimate of drug-likeness (QED) is 0.645. The van der Waals surface area contributed by atoms with E-state index in [1.807, 2.05) is 0 Å². The number of benzene rings is 2. The maximum atomic E-state index is 10.7. The van der Waals surface area contributed by atoms with Crippen LogP contribution in [0.4, 0.5) is 0 Å². The molecule has 1 aliphatic rings. The maximum absolute atomic E-state index is 10.7. The zero-order chi connectivity index (χ0) is 15.6. The summed E-state index contributed by atoms with van der Waals surface area (Å²) in [6.45, 7) is 0. The second-order valence-corrected chi connectivity index (χ2v) is 8.16. The van der Waals surface area contributed by atoms with E-state index < -0.39 is 10.1 Å². The molecule has 0 unspecified atom stereocenters. The lowest BCUT2D eigenvalue weighted by Gasteiger charge is -2.13. The van der Waals surface area contributed by atoms with Crippen LogP contribution in [0.1, 0.15) is 23.5 Å². The maximum Gasteiger partial charge on any atom is 0.264 e. The first-order valence-electron chi connectivity index (χ1n) is 7.27. The van der Waals surface area contributed by atoms with Crippen molar-refractivity contribution in [3.63, 3.8) is 0 Å². The molecule has 2 aromatic carbocycles. The Labute approximate surface area is 135 Å². The third-order valence-electron chi connectivity index (χ3n) is 3.94. The molecule has 2 aromatic rings. The van der Waals surface area contributed by atoms with Crippen molar-refractivity contribution in [2.24, 2.45) is 0 Å². The van der Waals surface area contributed by atoms with Crippen LogP contribution in [0.25, 0.3) is 11.1 Å². The van der Waals surface area contributed by atoms with Gasteiger partial charge < -0.3 is 0 Å². The fourth-order valence-electron chi connectivity index (χ4n) is 2.98. The minimum absolute atomic E-state index is 0.155. The van der Waals surface area contributed by atoms with Crippen molar-refractivity contribution in [3.8, 4) is 11.1 Å². The van der Waals surface area contributed by atoms with Crippen molar-refractivity contribution in [1.29, 1.82) is 0 Å². The first-order valence-corrected chi connectivity index (χ1v) is 10.0. The van der Waals surface area contributed by atoms with Crippen LogP contribution in [0, 0.1) is 0 Å². The van der Waals surface area contributed by atoms with Crippen molar-refractivity contribution >= 4 is 21.9 Å². The number of hydrogen-bond acceptors (Lipinski definition) is 3. The molecule has 0 atom stereocenters. The fraction of sp³-hybridized carbons (Fsp3) is 0.294. The molecule has 5 heteroatoms. The van der Waals surface area contributed by atoms with Crippen molar-refractivity contribution in [3.05, 3.63) is 59.7 Å². The fourth-order valence-corrected chi connectivity index (χ4v) is 4.79. The van der Waals surface area contributed by atoms with Gasteiger partial charge in [0.05, 0.1) is 5.75 Å². The summed E-state index contributed by atoms with van der Waals surface area (Å²) in [5.74, 6) is 1.88. The smallest absolute Gasteiger partial charge is 0.264 e. The summed E-state index contributed by atoms with van der Waals surface area (Å²) in [4.78, 5) is 0. The average molecular weight is 334 g/mol. The third kappa shape index (κ3) is 3.37.